The largest absolute Gasteiger partial charge is 0.481 e. The van der Waals surface area contributed by atoms with Crippen LogP contribution < -0.4 is 0 Å². The molecule has 0 radical (unpaired) electrons. The van der Waals surface area contributed by atoms with Crippen LogP contribution in [0.4, 0.5) is 0 Å². The van der Waals surface area contributed by atoms with Crippen LogP contribution in [0, 0.1) is 5.92 Å². The van der Waals surface area contributed by atoms with Crippen LogP contribution in [0.25, 0.3) is 0 Å². The Hall–Kier alpha value is -1.35. The number of carbonyl (C=O) groups is 1. The molecule has 0 amide bonds. The Morgan fingerprint density at radius 3 is 2.48 bits per heavy atom. The number of rotatable bonds is 9. The van der Waals surface area contributed by atoms with Crippen LogP contribution in [0.1, 0.15) is 56.6 Å². The van der Waals surface area contributed by atoms with Crippen LogP contribution in [0.3, 0.4) is 0 Å². The van der Waals surface area contributed by atoms with Crippen LogP contribution in [0.2, 0.25) is 0 Å². The zero-order valence-corrected chi connectivity index (χ0v) is 14.5. The van der Waals surface area contributed by atoms with E-state index in [4.69, 9.17) is 5.11 Å². The molecule has 1 saturated heterocycles. The lowest BCUT2D eigenvalue weighted by atomic mass is 9.97. The number of carboxylic acids is 1. The summed E-state index contributed by atoms with van der Waals surface area (Å²) in [5.41, 5.74) is 2.80. The highest BCUT2D eigenvalue weighted by atomic mass is 16.4. The van der Waals surface area contributed by atoms with Crippen molar-refractivity contribution in [2.24, 2.45) is 5.92 Å². The fraction of sp³-hybridized carbons (Fsp3) is 0.650. The van der Waals surface area contributed by atoms with Gasteiger partial charge in [0.1, 0.15) is 0 Å². The monoisotopic (exact) mass is 317 g/mol. The first-order valence-corrected chi connectivity index (χ1v) is 9.22. The molecule has 128 valence electrons. The van der Waals surface area contributed by atoms with Crippen molar-refractivity contribution in [2.75, 3.05) is 19.6 Å². The molecule has 1 atom stereocenters. The van der Waals surface area contributed by atoms with Crippen molar-refractivity contribution < 1.29 is 9.90 Å². The molecule has 0 spiro atoms. The Morgan fingerprint density at radius 1 is 1.13 bits per heavy atom. The third-order valence-corrected chi connectivity index (χ3v) is 4.91. The third-order valence-electron chi connectivity index (χ3n) is 4.91. The van der Waals surface area contributed by atoms with Gasteiger partial charge in [0.25, 0.3) is 0 Å². The highest BCUT2D eigenvalue weighted by Gasteiger charge is 2.24. The van der Waals surface area contributed by atoms with Gasteiger partial charge in [0, 0.05) is 13.1 Å². The van der Waals surface area contributed by atoms with Crippen molar-refractivity contribution in [1.82, 2.24) is 4.90 Å². The lowest BCUT2D eigenvalue weighted by molar-refractivity contribution is -0.143. The summed E-state index contributed by atoms with van der Waals surface area (Å²) in [6.45, 7) is 4.97. The second kappa shape index (κ2) is 9.71. The van der Waals surface area contributed by atoms with Gasteiger partial charge in [0.15, 0.2) is 0 Å². The van der Waals surface area contributed by atoms with Crippen LogP contribution in [0.15, 0.2) is 24.3 Å². The van der Waals surface area contributed by atoms with E-state index in [9.17, 15) is 4.79 Å². The highest BCUT2D eigenvalue weighted by Crippen LogP contribution is 2.17. The standard InChI is InChI=1S/C20H31NO2/c1-2-3-4-5-7-17-9-11-18(12-10-17)13-15-21-14-6-8-19(16-21)20(22)23/h9-12,19H,2-8,13-16H2,1H3,(H,22,23). The van der Waals surface area contributed by atoms with Crippen LogP contribution in [0.5, 0.6) is 0 Å². The van der Waals surface area contributed by atoms with Gasteiger partial charge in [-0.3, -0.25) is 4.79 Å². The number of aryl methyl sites for hydroxylation is 1. The van der Waals surface area contributed by atoms with Crippen molar-refractivity contribution >= 4 is 5.97 Å². The highest BCUT2D eigenvalue weighted by molar-refractivity contribution is 5.70. The van der Waals surface area contributed by atoms with Gasteiger partial charge in [-0.05, 0) is 49.8 Å². The minimum Gasteiger partial charge on any atom is -0.481 e. The van der Waals surface area contributed by atoms with E-state index < -0.39 is 5.97 Å². The average Bonchev–Trinajstić information content (AvgIpc) is 2.58. The number of benzene rings is 1. The van der Waals surface area contributed by atoms with Gasteiger partial charge in [-0.25, -0.2) is 0 Å². The quantitative estimate of drug-likeness (QED) is 0.696. The number of likely N-dealkylation sites (tertiary alicyclic amines) is 1. The maximum Gasteiger partial charge on any atom is 0.307 e. The van der Waals surface area contributed by atoms with Gasteiger partial charge in [0.05, 0.1) is 5.92 Å². The summed E-state index contributed by atoms with van der Waals surface area (Å²) >= 11 is 0. The van der Waals surface area contributed by atoms with E-state index in [1.54, 1.807) is 0 Å². The van der Waals surface area contributed by atoms with Crippen LogP contribution >= 0.6 is 0 Å². The first kappa shape index (κ1) is 18.0. The molecule has 1 aromatic rings. The van der Waals surface area contributed by atoms with E-state index in [0.717, 1.165) is 32.4 Å². The van der Waals surface area contributed by atoms with E-state index in [2.05, 4.69) is 36.1 Å². The molecule has 1 heterocycles. The van der Waals surface area contributed by atoms with E-state index in [1.165, 1.54) is 43.2 Å². The summed E-state index contributed by atoms with van der Waals surface area (Å²) in [5.74, 6) is -0.809. The maximum absolute atomic E-state index is 11.1. The molecule has 2 rings (SSSR count). The molecule has 1 N–H and O–H groups in total. The Labute approximate surface area is 140 Å². The summed E-state index contributed by atoms with van der Waals surface area (Å²) in [4.78, 5) is 13.4. The molecule has 0 aliphatic carbocycles. The summed E-state index contributed by atoms with van der Waals surface area (Å²) in [6.07, 6.45) is 9.29. The van der Waals surface area contributed by atoms with Crippen molar-refractivity contribution in [3.05, 3.63) is 35.4 Å². The predicted octanol–water partition coefficient (Wildman–Crippen LogP) is 4.15. The molecule has 1 aliphatic heterocycles. The Kier molecular flexibility index (Phi) is 7.60. The molecular formula is C20H31NO2. The zero-order valence-electron chi connectivity index (χ0n) is 14.5. The Balaban J connectivity index is 1.72. The molecule has 3 heteroatoms. The number of aliphatic carboxylic acids is 1. The average molecular weight is 317 g/mol. The Morgan fingerprint density at radius 2 is 1.83 bits per heavy atom. The van der Waals surface area contributed by atoms with E-state index in [0.29, 0.717) is 6.54 Å². The molecule has 0 aromatic heterocycles. The number of carboxylic acid groups (broad SMARTS) is 1. The van der Waals surface area contributed by atoms with Gasteiger partial charge in [-0.1, -0.05) is 50.5 Å². The van der Waals surface area contributed by atoms with Gasteiger partial charge in [0.2, 0.25) is 0 Å². The summed E-state index contributed by atoms with van der Waals surface area (Å²) in [6, 6.07) is 9.01. The molecular weight excluding hydrogens is 286 g/mol. The lowest BCUT2D eigenvalue weighted by Crippen LogP contribution is -2.39. The molecule has 1 aromatic carbocycles. The number of piperidine rings is 1. The SMILES string of the molecule is CCCCCCc1ccc(CCN2CCCC(C(=O)O)C2)cc1. The fourth-order valence-corrected chi connectivity index (χ4v) is 3.38. The predicted molar refractivity (Wildman–Crippen MR) is 94.8 cm³/mol. The minimum atomic E-state index is -0.637. The van der Waals surface area contributed by atoms with E-state index in [-0.39, 0.29) is 5.92 Å². The molecule has 0 bridgehead atoms. The fourth-order valence-electron chi connectivity index (χ4n) is 3.38. The zero-order chi connectivity index (χ0) is 16.5. The smallest absolute Gasteiger partial charge is 0.307 e. The molecule has 23 heavy (non-hydrogen) atoms. The van der Waals surface area contributed by atoms with Gasteiger partial charge in [-0.15, -0.1) is 0 Å². The lowest BCUT2D eigenvalue weighted by Gasteiger charge is -2.30. The molecule has 1 fully saturated rings. The second-order valence-corrected chi connectivity index (χ2v) is 6.86. The van der Waals surface area contributed by atoms with Gasteiger partial charge < -0.3 is 10.0 Å². The first-order chi connectivity index (χ1) is 11.2. The van der Waals surface area contributed by atoms with Crippen LogP contribution in [-0.2, 0) is 17.6 Å². The molecule has 1 aliphatic rings. The number of unbranched alkanes of at least 4 members (excludes halogenated alkanes) is 3. The topological polar surface area (TPSA) is 40.5 Å². The van der Waals surface area contributed by atoms with Gasteiger partial charge in [-0.2, -0.15) is 0 Å². The Bertz CT molecular complexity index is 469. The summed E-state index contributed by atoms with van der Waals surface area (Å²) in [7, 11) is 0. The number of hydrogen-bond acceptors (Lipinski definition) is 2. The van der Waals surface area contributed by atoms with E-state index >= 15 is 0 Å². The summed E-state index contributed by atoms with van der Waals surface area (Å²) in [5, 5.41) is 9.15. The first-order valence-electron chi connectivity index (χ1n) is 9.22. The maximum atomic E-state index is 11.1. The van der Waals surface area contributed by atoms with E-state index in [1.807, 2.05) is 0 Å². The second-order valence-electron chi connectivity index (χ2n) is 6.86. The number of nitrogens with zero attached hydrogens (tertiary/aromatic N) is 1. The molecule has 1 unspecified atom stereocenters. The molecule has 3 nitrogen and oxygen atoms in total. The minimum absolute atomic E-state index is 0.172. The third kappa shape index (κ3) is 6.34. The summed E-state index contributed by atoms with van der Waals surface area (Å²) < 4.78 is 0. The normalized spacial score (nSPS) is 18.9. The van der Waals surface area contributed by atoms with Crippen LogP contribution in [-0.4, -0.2) is 35.6 Å². The van der Waals surface area contributed by atoms with Crippen molar-refractivity contribution in [3.8, 4) is 0 Å². The van der Waals surface area contributed by atoms with Crippen molar-refractivity contribution in [2.45, 2.75) is 58.3 Å². The molecule has 0 saturated carbocycles. The van der Waals surface area contributed by atoms with Crippen molar-refractivity contribution in [1.29, 1.82) is 0 Å². The van der Waals surface area contributed by atoms with Crippen molar-refractivity contribution in [3.63, 3.8) is 0 Å². The van der Waals surface area contributed by atoms with Gasteiger partial charge >= 0.3 is 5.97 Å². The number of hydrogen-bond donors (Lipinski definition) is 1.